The highest BCUT2D eigenvalue weighted by Crippen LogP contribution is 2.60. The molecule has 2 heterocycles. The molecule has 2 heteroatoms. The van der Waals surface area contributed by atoms with Gasteiger partial charge in [-0.15, -0.1) is 0 Å². The van der Waals surface area contributed by atoms with E-state index in [-0.39, 0.29) is 5.54 Å². The third-order valence-corrected chi connectivity index (χ3v) is 6.71. The lowest BCUT2D eigenvalue weighted by Gasteiger charge is -2.66. The topological polar surface area (TPSA) is 23.5 Å². The van der Waals surface area contributed by atoms with Gasteiger partial charge in [-0.2, -0.15) is 5.06 Å². The molecule has 1 aromatic carbocycles. The minimum Gasteiger partial charge on any atom is -0.313 e. The van der Waals surface area contributed by atoms with E-state index in [1.807, 2.05) is 5.06 Å². The molecule has 2 saturated carbocycles. The molecule has 4 bridgehead atoms. The molecule has 1 aromatic rings. The molecule has 2 aliphatic heterocycles. The van der Waals surface area contributed by atoms with Crippen LogP contribution in [-0.2, 0) is 6.42 Å². The Morgan fingerprint density at radius 1 is 1.19 bits per heavy atom. The first-order valence-electron chi connectivity index (χ1n) is 8.63. The maximum Gasteiger partial charge on any atom is 0.0523 e. The summed E-state index contributed by atoms with van der Waals surface area (Å²) in [7, 11) is 0. The maximum absolute atomic E-state index is 10.9. The van der Waals surface area contributed by atoms with Crippen LogP contribution in [0.1, 0.15) is 45.1 Å². The Labute approximate surface area is 128 Å². The second-order valence-electron chi connectivity index (χ2n) is 7.98. The Morgan fingerprint density at radius 3 is 2.67 bits per heavy atom. The molecule has 0 spiro atoms. The van der Waals surface area contributed by atoms with E-state index in [0.717, 1.165) is 18.3 Å². The Bertz CT molecular complexity index is 514. The molecule has 2 nitrogen and oxygen atoms in total. The Balaban J connectivity index is 1.71. The molecule has 2 saturated heterocycles. The van der Waals surface area contributed by atoms with Crippen LogP contribution >= 0.6 is 0 Å². The number of piperidine rings is 2. The summed E-state index contributed by atoms with van der Waals surface area (Å²) in [4.78, 5) is 0. The standard InChI is InChI=1S/C19H27NO/c1-13(2)19-12-15-8-16(11-17(9-15)20(19)21)18(19)10-14-6-4-3-5-7-14/h3-7,13,15-18,21H,8-12H2,1-2H3/t15-,16+,17-,18-,19-/m0/s1. The van der Waals surface area contributed by atoms with Gasteiger partial charge in [0.05, 0.1) is 5.54 Å². The fourth-order valence-electron chi connectivity index (χ4n) is 5.91. The first kappa shape index (κ1) is 13.8. The van der Waals surface area contributed by atoms with Gasteiger partial charge in [0.2, 0.25) is 0 Å². The molecular formula is C19H27NO. The summed E-state index contributed by atoms with van der Waals surface area (Å²) in [5.74, 6) is 2.79. The number of nitrogens with zero attached hydrogens (tertiary/aromatic N) is 1. The van der Waals surface area contributed by atoms with Crippen molar-refractivity contribution in [3.05, 3.63) is 35.9 Å². The molecule has 5 atom stereocenters. The smallest absolute Gasteiger partial charge is 0.0523 e. The van der Waals surface area contributed by atoms with E-state index in [4.69, 9.17) is 0 Å². The van der Waals surface area contributed by atoms with Crippen molar-refractivity contribution in [3.63, 3.8) is 0 Å². The first-order chi connectivity index (χ1) is 10.1. The molecule has 0 aromatic heterocycles. The highest BCUT2D eigenvalue weighted by Gasteiger charge is 2.62. The highest BCUT2D eigenvalue weighted by atomic mass is 16.5. The fourth-order valence-corrected chi connectivity index (χ4v) is 5.91. The molecule has 4 fully saturated rings. The average Bonchev–Trinajstić information content (AvgIpc) is 2.48. The summed E-state index contributed by atoms with van der Waals surface area (Å²) in [6.07, 6.45) is 6.15. The zero-order valence-corrected chi connectivity index (χ0v) is 13.2. The second-order valence-corrected chi connectivity index (χ2v) is 7.98. The molecule has 0 radical (unpaired) electrons. The molecule has 4 aliphatic rings. The monoisotopic (exact) mass is 285 g/mol. The van der Waals surface area contributed by atoms with Gasteiger partial charge >= 0.3 is 0 Å². The van der Waals surface area contributed by atoms with E-state index in [0.29, 0.717) is 17.9 Å². The highest BCUT2D eigenvalue weighted by molar-refractivity contribution is 5.20. The SMILES string of the molecule is CC(C)[C@]12C[C@H]3C[C@H](C[C@H](C3)N1O)[C@@H]2Cc1ccccc1. The number of hydrogen-bond donors (Lipinski definition) is 1. The third kappa shape index (κ3) is 1.92. The fraction of sp³-hybridized carbons (Fsp3) is 0.684. The Morgan fingerprint density at radius 2 is 1.95 bits per heavy atom. The van der Waals surface area contributed by atoms with Crippen LogP contribution < -0.4 is 0 Å². The van der Waals surface area contributed by atoms with Crippen LogP contribution in [0.5, 0.6) is 0 Å². The molecule has 0 unspecified atom stereocenters. The van der Waals surface area contributed by atoms with Gasteiger partial charge in [-0.05, 0) is 61.3 Å². The van der Waals surface area contributed by atoms with Gasteiger partial charge < -0.3 is 5.21 Å². The normalized spacial score (nSPS) is 41.9. The largest absolute Gasteiger partial charge is 0.313 e. The minimum atomic E-state index is 0.0184. The van der Waals surface area contributed by atoms with Crippen LogP contribution in [0, 0.1) is 23.7 Å². The summed E-state index contributed by atoms with van der Waals surface area (Å²) in [5.41, 5.74) is 1.45. The minimum absolute atomic E-state index is 0.0184. The first-order valence-corrected chi connectivity index (χ1v) is 8.63. The molecular weight excluding hydrogens is 258 g/mol. The van der Waals surface area contributed by atoms with Gasteiger partial charge in [0.15, 0.2) is 0 Å². The van der Waals surface area contributed by atoms with Gasteiger partial charge in [-0.3, -0.25) is 0 Å². The average molecular weight is 285 g/mol. The lowest BCUT2D eigenvalue weighted by Crippen LogP contribution is -2.71. The van der Waals surface area contributed by atoms with Crippen LogP contribution in [0.3, 0.4) is 0 Å². The zero-order valence-electron chi connectivity index (χ0n) is 13.2. The van der Waals surface area contributed by atoms with E-state index in [1.54, 1.807) is 0 Å². The summed E-state index contributed by atoms with van der Waals surface area (Å²) in [6.45, 7) is 4.63. The van der Waals surface area contributed by atoms with E-state index >= 15 is 0 Å². The number of benzene rings is 1. The van der Waals surface area contributed by atoms with Crippen LogP contribution in [0.25, 0.3) is 0 Å². The van der Waals surface area contributed by atoms with Crippen LogP contribution in [0.15, 0.2) is 30.3 Å². The van der Waals surface area contributed by atoms with Crippen molar-refractivity contribution >= 4 is 0 Å². The number of hydroxylamine groups is 2. The molecule has 5 rings (SSSR count). The van der Waals surface area contributed by atoms with Crippen molar-refractivity contribution in [2.75, 3.05) is 0 Å². The van der Waals surface area contributed by atoms with Crippen LogP contribution in [0.4, 0.5) is 0 Å². The second kappa shape index (κ2) is 4.82. The van der Waals surface area contributed by atoms with Gasteiger partial charge in [-0.25, -0.2) is 0 Å². The van der Waals surface area contributed by atoms with Gasteiger partial charge in [0.25, 0.3) is 0 Å². The van der Waals surface area contributed by atoms with Crippen molar-refractivity contribution in [3.8, 4) is 0 Å². The lowest BCUT2D eigenvalue weighted by molar-refractivity contribution is -0.311. The van der Waals surface area contributed by atoms with Crippen molar-refractivity contribution in [1.82, 2.24) is 5.06 Å². The van der Waals surface area contributed by atoms with Gasteiger partial charge in [0.1, 0.15) is 0 Å². The lowest BCUT2D eigenvalue weighted by atomic mass is 9.49. The Hall–Kier alpha value is -0.860. The van der Waals surface area contributed by atoms with E-state index in [2.05, 4.69) is 44.2 Å². The van der Waals surface area contributed by atoms with Crippen molar-refractivity contribution in [2.45, 2.75) is 57.5 Å². The van der Waals surface area contributed by atoms with Gasteiger partial charge in [0, 0.05) is 6.04 Å². The molecule has 114 valence electrons. The van der Waals surface area contributed by atoms with Crippen molar-refractivity contribution in [1.29, 1.82) is 0 Å². The quantitative estimate of drug-likeness (QED) is 0.902. The third-order valence-electron chi connectivity index (χ3n) is 6.71. The molecule has 1 N–H and O–H groups in total. The van der Waals surface area contributed by atoms with Crippen LogP contribution in [-0.4, -0.2) is 21.9 Å². The molecule has 21 heavy (non-hydrogen) atoms. The summed E-state index contributed by atoms with van der Waals surface area (Å²) >= 11 is 0. The maximum atomic E-state index is 10.9. The van der Waals surface area contributed by atoms with E-state index < -0.39 is 0 Å². The van der Waals surface area contributed by atoms with Crippen LogP contribution in [0.2, 0.25) is 0 Å². The van der Waals surface area contributed by atoms with Crippen molar-refractivity contribution in [2.24, 2.45) is 23.7 Å². The summed E-state index contributed by atoms with van der Waals surface area (Å²) in [5, 5.41) is 12.7. The molecule has 2 aliphatic carbocycles. The Kier molecular flexibility index (Phi) is 3.16. The van der Waals surface area contributed by atoms with E-state index in [9.17, 15) is 5.21 Å². The van der Waals surface area contributed by atoms with Gasteiger partial charge in [-0.1, -0.05) is 44.2 Å². The predicted octanol–water partition coefficient (Wildman–Crippen LogP) is 4.13. The zero-order chi connectivity index (χ0) is 14.6. The van der Waals surface area contributed by atoms with E-state index in [1.165, 1.54) is 31.2 Å². The van der Waals surface area contributed by atoms with Crippen molar-refractivity contribution < 1.29 is 5.21 Å². The summed E-state index contributed by atoms with van der Waals surface area (Å²) < 4.78 is 0. The predicted molar refractivity (Wildman–Crippen MR) is 84.1 cm³/mol. The number of hydrogen-bond acceptors (Lipinski definition) is 2. The molecule has 0 amide bonds. The number of rotatable bonds is 3. The summed E-state index contributed by atoms with van der Waals surface area (Å²) in [6, 6.07) is 11.3.